The van der Waals surface area contributed by atoms with Crippen LogP contribution in [-0.2, 0) is 10.0 Å². The Labute approximate surface area is 191 Å². The molecule has 164 valence electrons. The van der Waals surface area contributed by atoms with Crippen molar-refractivity contribution >= 4 is 43.9 Å². The minimum atomic E-state index is -3.77. The molecule has 3 N–H and O–H groups in total. The fourth-order valence-corrected chi connectivity index (χ4v) is 4.79. The fourth-order valence-electron chi connectivity index (χ4n) is 3.37. The molecule has 0 saturated heterocycles. The number of anilines is 2. The first-order chi connectivity index (χ1) is 15.4. The molecule has 32 heavy (non-hydrogen) atoms. The highest BCUT2D eigenvalue weighted by Crippen LogP contribution is 2.32. The Kier molecular flexibility index (Phi) is 6.38. The van der Waals surface area contributed by atoms with Crippen molar-refractivity contribution in [1.29, 1.82) is 0 Å². The summed E-state index contributed by atoms with van der Waals surface area (Å²) in [6, 6.07) is 20.1. The van der Waals surface area contributed by atoms with E-state index >= 15 is 0 Å². The van der Waals surface area contributed by atoms with Gasteiger partial charge in [-0.25, -0.2) is 13.1 Å². The molecule has 0 aliphatic carbocycles. The number of nitrogens with one attached hydrogen (secondary N) is 2. The van der Waals surface area contributed by atoms with Gasteiger partial charge in [-0.05, 0) is 42.8 Å². The molecule has 0 radical (unpaired) electrons. The fraction of sp³-hybridized carbons (Fsp3) is 0.130. The lowest BCUT2D eigenvalue weighted by Crippen LogP contribution is -2.27. The maximum absolute atomic E-state index is 12.7. The van der Waals surface area contributed by atoms with Crippen molar-refractivity contribution in [3.63, 3.8) is 0 Å². The summed E-state index contributed by atoms with van der Waals surface area (Å²) in [7, 11) is -3.77. The van der Waals surface area contributed by atoms with Crippen LogP contribution in [0.2, 0.25) is 5.02 Å². The van der Waals surface area contributed by atoms with E-state index in [-0.39, 0.29) is 18.0 Å². The molecule has 0 fully saturated rings. The second-order valence-electron chi connectivity index (χ2n) is 7.18. The average Bonchev–Trinajstić information content (AvgIpc) is 2.80. The Hall–Kier alpha value is -3.04. The van der Waals surface area contributed by atoms with Crippen LogP contribution in [-0.4, -0.2) is 36.9 Å². The molecule has 4 rings (SSSR count). The number of benzene rings is 3. The number of hydrogen-bond donors (Lipinski definition) is 3. The molecule has 0 amide bonds. The van der Waals surface area contributed by atoms with Crippen LogP contribution in [0.5, 0.6) is 0 Å². The summed E-state index contributed by atoms with van der Waals surface area (Å²) in [6.45, 7) is 1.39. The van der Waals surface area contributed by atoms with Crippen molar-refractivity contribution in [2.24, 2.45) is 0 Å². The van der Waals surface area contributed by atoms with E-state index in [0.29, 0.717) is 27.7 Å². The quantitative estimate of drug-likeness (QED) is 0.374. The van der Waals surface area contributed by atoms with E-state index in [0.717, 1.165) is 16.5 Å². The first-order valence-corrected chi connectivity index (χ1v) is 11.7. The maximum Gasteiger partial charge on any atom is 0.240 e. The van der Waals surface area contributed by atoms with Gasteiger partial charge in [-0.1, -0.05) is 48.0 Å². The Bertz CT molecular complexity index is 1380. The number of halogens is 1. The van der Waals surface area contributed by atoms with Gasteiger partial charge >= 0.3 is 0 Å². The number of hydrogen-bond acceptors (Lipinski definition) is 6. The van der Waals surface area contributed by atoms with E-state index in [1.807, 2.05) is 42.5 Å². The van der Waals surface area contributed by atoms with Crippen molar-refractivity contribution in [3.05, 3.63) is 77.3 Å². The van der Waals surface area contributed by atoms with Gasteiger partial charge in [0.1, 0.15) is 5.69 Å². The van der Waals surface area contributed by atoms with Crippen LogP contribution in [0.1, 0.15) is 5.56 Å². The van der Waals surface area contributed by atoms with Crippen LogP contribution >= 0.6 is 11.6 Å². The molecule has 0 unspecified atom stereocenters. The number of aryl methyl sites for hydroxylation is 1. The number of aliphatic hydroxyl groups is 1. The van der Waals surface area contributed by atoms with Crippen molar-refractivity contribution in [2.45, 2.75) is 11.8 Å². The molecule has 1 heterocycles. The number of rotatable bonds is 7. The molecule has 7 nitrogen and oxygen atoms in total. The largest absolute Gasteiger partial charge is 0.395 e. The maximum atomic E-state index is 12.7. The molecular weight excluding hydrogens is 448 g/mol. The topological polar surface area (TPSA) is 104 Å². The smallest absolute Gasteiger partial charge is 0.240 e. The van der Waals surface area contributed by atoms with Crippen LogP contribution in [0.15, 0.2) is 71.6 Å². The lowest BCUT2D eigenvalue weighted by molar-refractivity contribution is 0.301. The third kappa shape index (κ3) is 4.58. The number of aliphatic hydroxyl groups excluding tert-OH is 1. The van der Waals surface area contributed by atoms with Crippen molar-refractivity contribution in [2.75, 3.05) is 18.5 Å². The molecule has 0 atom stereocenters. The van der Waals surface area contributed by atoms with Gasteiger partial charge in [0, 0.05) is 33.6 Å². The summed E-state index contributed by atoms with van der Waals surface area (Å²) in [5.74, 6) is 0.580. The first kappa shape index (κ1) is 22.2. The predicted molar refractivity (Wildman–Crippen MR) is 127 cm³/mol. The first-order valence-electron chi connectivity index (χ1n) is 9.88. The van der Waals surface area contributed by atoms with Gasteiger partial charge in [0.25, 0.3) is 0 Å². The molecule has 3 aromatic carbocycles. The molecule has 4 aromatic rings. The normalized spacial score (nSPS) is 11.6. The highest BCUT2D eigenvalue weighted by atomic mass is 35.5. The van der Waals surface area contributed by atoms with E-state index in [4.69, 9.17) is 16.7 Å². The Morgan fingerprint density at radius 2 is 1.69 bits per heavy atom. The molecule has 0 aliphatic heterocycles. The van der Waals surface area contributed by atoms with Crippen LogP contribution in [0.4, 0.5) is 11.5 Å². The molecule has 0 saturated carbocycles. The summed E-state index contributed by atoms with van der Waals surface area (Å²) < 4.78 is 27.7. The van der Waals surface area contributed by atoms with Crippen molar-refractivity contribution in [3.8, 4) is 11.3 Å². The average molecular weight is 469 g/mol. The van der Waals surface area contributed by atoms with Crippen LogP contribution in [0, 0.1) is 6.92 Å². The lowest BCUT2D eigenvalue weighted by Gasteiger charge is -2.13. The Morgan fingerprint density at radius 3 is 2.41 bits per heavy atom. The second kappa shape index (κ2) is 9.22. The van der Waals surface area contributed by atoms with Gasteiger partial charge in [0.15, 0.2) is 5.82 Å². The van der Waals surface area contributed by atoms with Gasteiger partial charge < -0.3 is 10.4 Å². The molecule has 0 spiro atoms. The van der Waals surface area contributed by atoms with Gasteiger partial charge in [0.2, 0.25) is 10.0 Å². The third-order valence-corrected chi connectivity index (χ3v) is 6.80. The minimum Gasteiger partial charge on any atom is -0.395 e. The summed E-state index contributed by atoms with van der Waals surface area (Å²) in [4.78, 5) is 0.137. The van der Waals surface area contributed by atoms with E-state index in [2.05, 4.69) is 20.2 Å². The molecule has 1 aromatic heterocycles. The standard InChI is InChI=1S/C23H21ClN4O3S/c1-15-6-7-16(14-21(15)32(30,31)25-12-13-29)22-19-4-2-3-5-20(19)23(28-27-22)26-18-10-8-17(24)9-11-18/h2-11,14,25,29H,12-13H2,1H3,(H,26,28). The molecule has 0 bridgehead atoms. The van der Waals surface area contributed by atoms with Crippen LogP contribution in [0.3, 0.4) is 0 Å². The number of aromatic nitrogens is 2. The van der Waals surface area contributed by atoms with Gasteiger partial charge in [-0.15, -0.1) is 10.2 Å². The van der Waals surface area contributed by atoms with E-state index in [1.165, 1.54) is 0 Å². The lowest BCUT2D eigenvalue weighted by atomic mass is 10.0. The van der Waals surface area contributed by atoms with E-state index < -0.39 is 10.0 Å². The summed E-state index contributed by atoms with van der Waals surface area (Å²) >= 11 is 5.97. The highest BCUT2D eigenvalue weighted by molar-refractivity contribution is 7.89. The summed E-state index contributed by atoms with van der Waals surface area (Å²) in [5, 5.41) is 23.3. The highest BCUT2D eigenvalue weighted by Gasteiger charge is 2.19. The molecule has 0 aliphatic rings. The number of nitrogens with zero attached hydrogens (tertiary/aromatic N) is 2. The zero-order chi connectivity index (χ0) is 22.7. The zero-order valence-corrected chi connectivity index (χ0v) is 18.8. The molecule has 9 heteroatoms. The predicted octanol–water partition coefficient (Wildman–Crippen LogP) is 4.27. The van der Waals surface area contributed by atoms with Crippen molar-refractivity contribution < 1.29 is 13.5 Å². The van der Waals surface area contributed by atoms with Crippen molar-refractivity contribution in [1.82, 2.24) is 14.9 Å². The SMILES string of the molecule is Cc1ccc(-c2nnc(Nc3ccc(Cl)cc3)c3ccccc23)cc1S(=O)(=O)NCCO. The summed E-state index contributed by atoms with van der Waals surface area (Å²) in [5.41, 5.74) is 2.61. The zero-order valence-electron chi connectivity index (χ0n) is 17.2. The summed E-state index contributed by atoms with van der Waals surface area (Å²) in [6.07, 6.45) is 0. The monoisotopic (exact) mass is 468 g/mol. The van der Waals surface area contributed by atoms with Crippen LogP contribution < -0.4 is 10.0 Å². The minimum absolute atomic E-state index is 0.0558. The second-order valence-corrected chi connectivity index (χ2v) is 9.35. The number of fused-ring (bicyclic) bond motifs is 1. The van der Waals surface area contributed by atoms with E-state index in [1.54, 1.807) is 31.2 Å². The van der Waals surface area contributed by atoms with Gasteiger partial charge in [0.05, 0.1) is 11.5 Å². The third-order valence-electron chi connectivity index (χ3n) is 4.95. The Balaban J connectivity index is 1.79. The number of sulfonamides is 1. The molecular formula is C23H21ClN4O3S. The van der Waals surface area contributed by atoms with E-state index in [9.17, 15) is 8.42 Å². The Morgan fingerprint density at radius 1 is 0.969 bits per heavy atom. The van der Waals surface area contributed by atoms with Gasteiger partial charge in [-0.3, -0.25) is 0 Å². The van der Waals surface area contributed by atoms with Crippen LogP contribution in [0.25, 0.3) is 22.0 Å². The van der Waals surface area contributed by atoms with Gasteiger partial charge in [-0.2, -0.15) is 0 Å².